The molecule has 2 aliphatic rings. The van der Waals surface area contributed by atoms with Gasteiger partial charge >= 0.3 is 6.03 Å². The standard InChI is InChI=1S/C21H24N6O3/c1-27(2)18-10-23-9-16(18)19(28)11-5-13(24-8-11)7-15-14-6-12(25-21(22)30)3-4-17(14)26-20(15)29/h3-8,16,18,23-24H,9-10H2,1-2H3,(H,26,29)(H3,22,25,30)/t16?,18-/m0/s1. The van der Waals surface area contributed by atoms with Gasteiger partial charge in [-0.3, -0.25) is 9.59 Å². The lowest BCUT2D eigenvalue weighted by molar-refractivity contribution is -0.110. The quantitative estimate of drug-likeness (QED) is 0.376. The molecule has 2 aromatic rings. The number of hydrogen-bond acceptors (Lipinski definition) is 5. The third kappa shape index (κ3) is 3.72. The Kier molecular flexibility index (Phi) is 5.15. The maximum absolute atomic E-state index is 13.0. The van der Waals surface area contributed by atoms with Crippen LogP contribution in [0, 0.1) is 5.92 Å². The van der Waals surface area contributed by atoms with Gasteiger partial charge in [0.05, 0.1) is 11.5 Å². The van der Waals surface area contributed by atoms with Crippen LogP contribution < -0.4 is 21.7 Å². The number of nitrogens with two attached hydrogens (primary N) is 1. The summed E-state index contributed by atoms with van der Waals surface area (Å²) in [7, 11) is 3.95. The molecule has 3 heterocycles. The first-order chi connectivity index (χ1) is 14.3. The number of H-pyrrole nitrogens is 1. The van der Waals surface area contributed by atoms with Crippen molar-refractivity contribution in [1.29, 1.82) is 0 Å². The number of benzene rings is 1. The van der Waals surface area contributed by atoms with Crippen LogP contribution in [0.3, 0.4) is 0 Å². The van der Waals surface area contributed by atoms with E-state index >= 15 is 0 Å². The zero-order valence-electron chi connectivity index (χ0n) is 16.8. The monoisotopic (exact) mass is 408 g/mol. The summed E-state index contributed by atoms with van der Waals surface area (Å²) in [6.45, 7) is 1.43. The number of Topliss-reactive ketones (excluding diaryl/α,β-unsaturated/α-hetero) is 1. The van der Waals surface area contributed by atoms with E-state index in [0.29, 0.717) is 40.3 Å². The average Bonchev–Trinajstić information content (AvgIpc) is 3.41. The van der Waals surface area contributed by atoms with Crippen LogP contribution in [0.5, 0.6) is 0 Å². The predicted octanol–water partition coefficient (Wildman–Crippen LogP) is 1.33. The Hall–Kier alpha value is -3.43. The van der Waals surface area contributed by atoms with E-state index in [0.717, 1.165) is 6.54 Å². The molecule has 0 spiro atoms. The molecule has 1 unspecified atom stereocenters. The van der Waals surface area contributed by atoms with Crippen molar-refractivity contribution in [3.63, 3.8) is 0 Å². The van der Waals surface area contributed by atoms with Crippen LogP contribution in [0.4, 0.5) is 16.2 Å². The van der Waals surface area contributed by atoms with Crippen LogP contribution in [0.2, 0.25) is 0 Å². The number of ketones is 1. The minimum absolute atomic E-state index is 0.0730. The molecule has 0 bridgehead atoms. The molecular weight excluding hydrogens is 384 g/mol. The van der Waals surface area contributed by atoms with Crippen molar-refractivity contribution in [2.45, 2.75) is 6.04 Å². The second-order valence-electron chi connectivity index (χ2n) is 7.77. The number of aromatic amines is 1. The van der Waals surface area contributed by atoms with Crippen LogP contribution in [-0.2, 0) is 4.79 Å². The van der Waals surface area contributed by atoms with Crippen LogP contribution in [0.25, 0.3) is 11.6 Å². The van der Waals surface area contributed by atoms with E-state index in [1.165, 1.54) is 0 Å². The van der Waals surface area contributed by atoms with E-state index in [-0.39, 0.29) is 23.7 Å². The van der Waals surface area contributed by atoms with E-state index in [4.69, 9.17) is 5.73 Å². The first-order valence-electron chi connectivity index (χ1n) is 9.67. The van der Waals surface area contributed by atoms with Crippen LogP contribution in [-0.4, -0.2) is 60.8 Å². The Labute approximate surface area is 173 Å². The van der Waals surface area contributed by atoms with Gasteiger partial charge in [0, 0.05) is 53.5 Å². The molecule has 3 amide bonds. The van der Waals surface area contributed by atoms with E-state index in [1.54, 1.807) is 36.5 Å². The number of anilines is 2. The molecule has 0 saturated carbocycles. The summed E-state index contributed by atoms with van der Waals surface area (Å²) >= 11 is 0. The number of likely N-dealkylation sites (N-methyl/N-ethyl adjacent to an activating group) is 1. The fourth-order valence-electron chi connectivity index (χ4n) is 4.03. The first-order valence-corrected chi connectivity index (χ1v) is 9.67. The number of hydrogen-bond donors (Lipinski definition) is 5. The summed E-state index contributed by atoms with van der Waals surface area (Å²) in [4.78, 5) is 41.7. The number of fused-ring (bicyclic) bond motifs is 1. The number of rotatable bonds is 5. The van der Waals surface area contributed by atoms with Crippen LogP contribution in [0.15, 0.2) is 30.5 Å². The van der Waals surface area contributed by atoms with Crippen molar-refractivity contribution in [1.82, 2.24) is 15.2 Å². The van der Waals surface area contributed by atoms with Crippen molar-refractivity contribution >= 4 is 40.7 Å². The van der Waals surface area contributed by atoms with Gasteiger partial charge in [0.15, 0.2) is 5.78 Å². The van der Waals surface area contributed by atoms with Crippen molar-refractivity contribution in [2.24, 2.45) is 11.7 Å². The Balaban J connectivity index is 1.60. The van der Waals surface area contributed by atoms with Gasteiger partial charge < -0.3 is 31.6 Å². The molecule has 0 aliphatic carbocycles. The van der Waals surface area contributed by atoms with Crippen molar-refractivity contribution in [3.05, 3.63) is 47.3 Å². The summed E-state index contributed by atoms with van der Waals surface area (Å²) < 4.78 is 0. The largest absolute Gasteiger partial charge is 0.361 e. The number of nitrogens with zero attached hydrogens (tertiary/aromatic N) is 1. The molecule has 0 radical (unpaired) electrons. The second-order valence-corrected chi connectivity index (χ2v) is 7.77. The summed E-state index contributed by atoms with van der Waals surface area (Å²) in [5, 5.41) is 8.58. The van der Waals surface area contributed by atoms with E-state index in [2.05, 4.69) is 25.8 Å². The zero-order valence-corrected chi connectivity index (χ0v) is 16.8. The smallest absolute Gasteiger partial charge is 0.316 e. The Bertz CT molecular complexity index is 1050. The van der Waals surface area contributed by atoms with Crippen LogP contribution >= 0.6 is 0 Å². The third-order valence-corrected chi connectivity index (χ3v) is 5.54. The molecular formula is C21H24N6O3. The summed E-state index contributed by atoms with van der Waals surface area (Å²) in [5.41, 5.74) is 8.65. The molecule has 1 aromatic carbocycles. The lowest BCUT2D eigenvalue weighted by atomic mass is 9.94. The predicted molar refractivity (Wildman–Crippen MR) is 115 cm³/mol. The van der Waals surface area contributed by atoms with Gasteiger partial charge in [-0.1, -0.05) is 0 Å². The summed E-state index contributed by atoms with van der Waals surface area (Å²) in [6, 6.07) is 6.29. The first kappa shape index (κ1) is 19.9. The topological polar surface area (TPSA) is 132 Å². The summed E-state index contributed by atoms with van der Waals surface area (Å²) in [5.74, 6) is -0.297. The van der Waals surface area contributed by atoms with Crippen molar-refractivity contribution in [2.75, 3.05) is 37.8 Å². The molecule has 1 fully saturated rings. The van der Waals surface area contributed by atoms with E-state index in [9.17, 15) is 14.4 Å². The molecule has 6 N–H and O–H groups in total. The van der Waals surface area contributed by atoms with Crippen molar-refractivity contribution < 1.29 is 14.4 Å². The van der Waals surface area contributed by atoms with Gasteiger partial charge in [-0.25, -0.2) is 4.79 Å². The minimum atomic E-state index is -0.678. The SMILES string of the molecule is CN(C)[C@H]1CNCC1C(=O)c1c[nH]c(C=C2C(=O)Nc3ccc(NC(N)=O)cc32)c1. The zero-order chi connectivity index (χ0) is 21.4. The number of urea groups is 1. The van der Waals surface area contributed by atoms with Gasteiger partial charge in [0.1, 0.15) is 0 Å². The highest BCUT2D eigenvalue weighted by atomic mass is 16.2. The highest BCUT2D eigenvalue weighted by Crippen LogP contribution is 2.35. The summed E-state index contributed by atoms with van der Waals surface area (Å²) in [6.07, 6.45) is 3.38. The Morgan fingerprint density at radius 2 is 2.03 bits per heavy atom. The molecule has 4 rings (SSSR count). The lowest BCUT2D eigenvalue weighted by Crippen LogP contribution is -2.38. The molecule has 2 aliphatic heterocycles. The highest BCUT2D eigenvalue weighted by molar-refractivity contribution is 6.35. The molecule has 30 heavy (non-hydrogen) atoms. The normalized spacial score (nSPS) is 21.7. The molecule has 1 saturated heterocycles. The maximum Gasteiger partial charge on any atom is 0.316 e. The van der Waals surface area contributed by atoms with Gasteiger partial charge in [0.2, 0.25) is 0 Å². The minimum Gasteiger partial charge on any atom is -0.361 e. The number of amides is 3. The van der Waals surface area contributed by atoms with Gasteiger partial charge in [-0.05, 0) is 44.4 Å². The highest BCUT2D eigenvalue weighted by Gasteiger charge is 2.35. The molecule has 156 valence electrons. The number of carbonyl (C=O) groups excluding carboxylic acids is 3. The maximum atomic E-state index is 13.0. The fraction of sp³-hybridized carbons (Fsp3) is 0.286. The van der Waals surface area contributed by atoms with Crippen molar-refractivity contribution in [3.8, 4) is 0 Å². The molecule has 9 heteroatoms. The lowest BCUT2D eigenvalue weighted by Gasteiger charge is -2.23. The Morgan fingerprint density at radius 3 is 2.77 bits per heavy atom. The van der Waals surface area contributed by atoms with E-state index in [1.807, 2.05) is 14.1 Å². The Morgan fingerprint density at radius 1 is 1.23 bits per heavy atom. The third-order valence-electron chi connectivity index (χ3n) is 5.54. The molecule has 2 atom stereocenters. The number of nitrogens with one attached hydrogen (secondary N) is 4. The van der Waals surface area contributed by atoms with Gasteiger partial charge in [-0.2, -0.15) is 0 Å². The second kappa shape index (κ2) is 7.77. The molecule has 9 nitrogen and oxygen atoms in total. The average molecular weight is 408 g/mol. The number of primary amides is 1. The van der Waals surface area contributed by atoms with Gasteiger partial charge in [0.25, 0.3) is 5.91 Å². The fourth-order valence-corrected chi connectivity index (χ4v) is 4.03. The van der Waals surface area contributed by atoms with E-state index < -0.39 is 6.03 Å². The van der Waals surface area contributed by atoms with Crippen LogP contribution in [0.1, 0.15) is 21.6 Å². The number of carbonyl (C=O) groups is 3. The van der Waals surface area contributed by atoms with Gasteiger partial charge in [-0.15, -0.1) is 0 Å². The molecule has 1 aromatic heterocycles. The number of aromatic nitrogens is 1.